The Bertz CT molecular complexity index is 98.2. The molecule has 0 bridgehead atoms. The fourth-order valence-corrected chi connectivity index (χ4v) is 2.56. The van der Waals surface area contributed by atoms with E-state index in [1.54, 1.807) is 0 Å². The monoisotopic (exact) mass is 178 g/mol. The predicted octanol–water partition coefficient (Wildman–Crippen LogP) is 3.39. The van der Waals surface area contributed by atoms with Gasteiger partial charge >= 0.3 is 0 Å². The number of hydrogen-bond donors (Lipinski definition) is 0. The molecule has 0 spiro atoms. The van der Waals surface area contributed by atoms with Crippen molar-refractivity contribution < 1.29 is 4.79 Å². The molecule has 0 atom stereocenters. The van der Waals surface area contributed by atoms with Crippen LogP contribution in [0.1, 0.15) is 27.7 Å². The molecule has 0 N–H and O–H groups in total. The van der Waals surface area contributed by atoms with Crippen molar-refractivity contribution in [1.29, 1.82) is 0 Å². The maximum Gasteiger partial charge on any atom is 0.246 e. The molecule has 0 radical (unpaired) electrons. The van der Waals surface area contributed by atoms with Gasteiger partial charge in [0.25, 0.3) is 0 Å². The topological polar surface area (TPSA) is 17.1 Å². The van der Waals surface area contributed by atoms with E-state index < -0.39 is 0 Å². The molecule has 0 aromatic rings. The molecule has 0 aliphatic rings. The van der Waals surface area contributed by atoms with E-state index in [4.69, 9.17) is 0 Å². The highest BCUT2D eigenvalue weighted by Crippen LogP contribution is 2.23. The van der Waals surface area contributed by atoms with Gasteiger partial charge in [0.1, 0.15) is 0 Å². The summed E-state index contributed by atoms with van der Waals surface area (Å²) in [5.41, 5.74) is 0. The molecule has 0 saturated carbocycles. The second kappa shape index (κ2) is 5.08. The number of thioether (sulfide) groups is 2. The van der Waals surface area contributed by atoms with Gasteiger partial charge in [-0.05, 0) is 0 Å². The third-order valence-electron chi connectivity index (χ3n) is 0.664. The van der Waals surface area contributed by atoms with Crippen molar-refractivity contribution in [2.75, 3.05) is 0 Å². The Labute approximate surface area is 71.3 Å². The summed E-state index contributed by atoms with van der Waals surface area (Å²) in [6.45, 7) is 8.12. The van der Waals surface area contributed by atoms with Crippen LogP contribution in [0.4, 0.5) is 4.79 Å². The highest BCUT2D eigenvalue weighted by molar-refractivity contribution is 8.38. The molecule has 0 aromatic heterocycles. The van der Waals surface area contributed by atoms with Crippen LogP contribution in [0.2, 0.25) is 0 Å². The van der Waals surface area contributed by atoms with E-state index in [0.717, 1.165) is 0 Å². The Balaban J connectivity index is 3.44. The number of carbonyl (C=O) groups is 1. The third kappa shape index (κ3) is 6.49. The van der Waals surface area contributed by atoms with Crippen LogP contribution in [0.15, 0.2) is 0 Å². The van der Waals surface area contributed by atoms with E-state index in [9.17, 15) is 4.79 Å². The molecule has 1 nitrogen and oxygen atoms in total. The quantitative estimate of drug-likeness (QED) is 0.645. The zero-order valence-electron chi connectivity index (χ0n) is 6.88. The van der Waals surface area contributed by atoms with Gasteiger partial charge in [-0.1, -0.05) is 51.2 Å². The lowest BCUT2D eigenvalue weighted by atomic mass is 10.6. The Morgan fingerprint density at radius 3 is 1.50 bits per heavy atom. The molecule has 0 rings (SSSR count). The second-order valence-electron chi connectivity index (χ2n) is 2.58. The number of carbonyl (C=O) groups excluding carboxylic acids is 1. The van der Waals surface area contributed by atoms with E-state index in [1.807, 2.05) is 27.7 Å². The molecule has 3 heteroatoms. The molecule has 0 aliphatic heterocycles. The van der Waals surface area contributed by atoms with Crippen LogP contribution >= 0.6 is 23.5 Å². The molecule has 0 aliphatic carbocycles. The van der Waals surface area contributed by atoms with Gasteiger partial charge in [-0.15, -0.1) is 0 Å². The minimum atomic E-state index is 0.241. The van der Waals surface area contributed by atoms with Crippen LogP contribution < -0.4 is 0 Å². The van der Waals surface area contributed by atoms with Crippen molar-refractivity contribution in [3.63, 3.8) is 0 Å². The molecule has 0 aromatic carbocycles. The third-order valence-corrected chi connectivity index (χ3v) is 2.57. The fraction of sp³-hybridized carbons (Fsp3) is 0.857. The van der Waals surface area contributed by atoms with Crippen molar-refractivity contribution in [3.05, 3.63) is 0 Å². The van der Waals surface area contributed by atoms with Crippen LogP contribution in [0.25, 0.3) is 0 Å². The molecule has 0 saturated heterocycles. The standard InChI is InChI=1S/C7H14OS2/c1-5(2)9-7(8)10-6(3)4/h5-6H,1-4H3. The second-order valence-corrected chi connectivity index (χ2v) is 5.94. The Morgan fingerprint density at radius 1 is 1.00 bits per heavy atom. The minimum absolute atomic E-state index is 0.241. The molecular formula is C7H14OS2. The average molecular weight is 178 g/mol. The largest absolute Gasteiger partial charge is 0.274 e. The first-order chi connectivity index (χ1) is 4.52. The van der Waals surface area contributed by atoms with Gasteiger partial charge in [-0.25, -0.2) is 0 Å². The fourth-order valence-electron chi connectivity index (χ4n) is 0.413. The zero-order valence-corrected chi connectivity index (χ0v) is 8.51. The normalized spacial score (nSPS) is 11.0. The van der Waals surface area contributed by atoms with Gasteiger partial charge in [0.05, 0.1) is 0 Å². The molecule has 0 amide bonds. The molecule has 0 heterocycles. The van der Waals surface area contributed by atoms with Crippen LogP contribution in [-0.4, -0.2) is 14.9 Å². The summed E-state index contributed by atoms with van der Waals surface area (Å²) in [5.74, 6) is 0. The first-order valence-electron chi connectivity index (χ1n) is 3.39. The van der Waals surface area contributed by atoms with Crippen LogP contribution in [0, 0.1) is 0 Å². The summed E-state index contributed by atoms with van der Waals surface area (Å²) < 4.78 is 0.241. The van der Waals surface area contributed by atoms with E-state index in [-0.39, 0.29) is 4.45 Å². The van der Waals surface area contributed by atoms with E-state index in [2.05, 4.69) is 0 Å². The number of hydrogen-bond acceptors (Lipinski definition) is 3. The van der Waals surface area contributed by atoms with Crippen molar-refractivity contribution in [3.8, 4) is 0 Å². The van der Waals surface area contributed by atoms with Crippen molar-refractivity contribution >= 4 is 28.0 Å². The predicted molar refractivity (Wildman–Crippen MR) is 50.9 cm³/mol. The van der Waals surface area contributed by atoms with Gasteiger partial charge < -0.3 is 0 Å². The summed E-state index contributed by atoms with van der Waals surface area (Å²) >= 11 is 2.81. The van der Waals surface area contributed by atoms with Gasteiger partial charge in [0.15, 0.2) is 0 Å². The molecule has 60 valence electrons. The van der Waals surface area contributed by atoms with E-state index >= 15 is 0 Å². The van der Waals surface area contributed by atoms with Crippen molar-refractivity contribution in [2.45, 2.75) is 38.2 Å². The lowest BCUT2D eigenvalue weighted by molar-refractivity contribution is 0.276. The smallest absolute Gasteiger partial charge is 0.246 e. The maximum absolute atomic E-state index is 11.0. The summed E-state index contributed by atoms with van der Waals surface area (Å²) in [5, 5.41) is 0.831. The summed E-state index contributed by atoms with van der Waals surface area (Å²) in [6, 6.07) is 0. The first-order valence-corrected chi connectivity index (χ1v) is 5.15. The SMILES string of the molecule is CC(C)SC(=O)SC(C)C. The summed E-state index contributed by atoms with van der Waals surface area (Å²) in [7, 11) is 0. The summed E-state index contributed by atoms with van der Waals surface area (Å²) in [6.07, 6.45) is 0. The first kappa shape index (κ1) is 10.4. The molecule has 0 unspecified atom stereocenters. The number of rotatable bonds is 2. The van der Waals surface area contributed by atoms with Crippen molar-refractivity contribution in [1.82, 2.24) is 0 Å². The zero-order chi connectivity index (χ0) is 8.15. The highest BCUT2D eigenvalue weighted by Gasteiger charge is 2.07. The van der Waals surface area contributed by atoms with Crippen LogP contribution in [0.3, 0.4) is 0 Å². The average Bonchev–Trinajstić information content (AvgIpc) is 1.58. The van der Waals surface area contributed by atoms with Crippen LogP contribution in [-0.2, 0) is 0 Å². The Kier molecular flexibility index (Phi) is 5.27. The maximum atomic E-state index is 11.0. The molecule has 10 heavy (non-hydrogen) atoms. The van der Waals surface area contributed by atoms with Gasteiger partial charge in [-0.3, -0.25) is 4.79 Å². The van der Waals surface area contributed by atoms with Crippen LogP contribution in [0.5, 0.6) is 0 Å². The van der Waals surface area contributed by atoms with Gasteiger partial charge in [0, 0.05) is 10.5 Å². The summed E-state index contributed by atoms with van der Waals surface area (Å²) in [4.78, 5) is 11.0. The lowest BCUT2D eigenvalue weighted by Gasteiger charge is -2.04. The lowest BCUT2D eigenvalue weighted by Crippen LogP contribution is -1.96. The van der Waals surface area contributed by atoms with E-state index in [0.29, 0.717) is 10.5 Å². The van der Waals surface area contributed by atoms with Gasteiger partial charge in [-0.2, -0.15) is 0 Å². The molecule has 0 fully saturated rings. The highest BCUT2D eigenvalue weighted by atomic mass is 32.2. The Hall–Kier alpha value is 0.370. The molecular weight excluding hydrogens is 164 g/mol. The van der Waals surface area contributed by atoms with Gasteiger partial charge in [0.2, 0.25) is 4.45 Å². The minimum Gasteiger partial charge on any atom is -0.274 e. The Morgan fingerprint density at radius 2 is 1.30 bits per heavy atom. The van der Waals surface area contributed by atoms with Crippen molar-refractivity contribution in [2.24, 2.45) is 0 Å². The van der Waals surface area contributed by atoms with E-state index in [1.165, 1.54) is 23.5 Å².